The number of carbonyl (C=O) groups excluding carboxylic acids is 1. The Kier molecular flexibility index (Phi) is 6.67. The van der Waals surface area contributed by atoms with Gasteiger partial charge in [0.25, 0.3) is 5.91 Å². The van der Waals surface area contributed by atoms with E-state index in [1.54, 1.807) is 0 Å². The summed E-state index contributed by atoms with van der Waals surface area (Å²) >= 11 is 0. The van der Waals surface area contributed by atoms with E-state index in [0.29, 0.717) is 19.6 Å². The molecule has 24 heavy (non-hydrogen) atoms. The van der Waals surface area contributed by atoms with E-state index < -0.39 is 6.10 Å². The summed E-state index contributed by atoms with van der Waals surface area (Å²) in [5.74, 6) is 1.45. The van der Waals surface area contributed by atoms with Crippen molar-refractivity contribution in [1.82, 2.24) is 5.32 Å². The fourth-order valence-corrected chi connectivity index (χ4v) is 2.38. The number of nitrogens with one attached hydrogen (secondary N) is 1. The number of benzene rings is 2. The van der Waals surface area contributed by atoms with Gasteiger partial charge in [0.15, 0.2) is 6.10 Å². The van der Waals surface area contributed by atoms with Crippen molar-refractivity contribution in [3.8, 4) is 11.5 Å². The van der Waals surface area contributed by atoms with Gasteiger partial charge in [-0.05, 0) is 49.6 Å². The molecule has 0 aliphatic heterocycles. The first-order chi connectivity index (χ1) is 11.6. The first-order valence-electron chi connectivity index (χ1n) is 8.35. The van der Waals surface area contributed by atoms with Crippen LogP contribution in [0.15, 0.2) is 48.5 Å². The molecule has 2 rings (SSSR count). The minimum absolute atomic E-state index is 0.109. The molecule has 2 aromatic carbocycles. The van der Waals surface area contributed by atoms with Gasteiger partial charge in [0.05, 0.1) is 6.61 Å². The van der Waals surface area contributed by atoms with Crippen LogP contribution in [0.25, 0.3) is 0 Å². The van der Waals surface area contributed by atoms with Crippen molar-refractivity contribution in [1.29, 1.82) is 0 Å². The van der Waals surface area contributed by atoms with Gasteiger partial charge in [0, 0.05) is 6.54 Å². The molecule has 1 unspecified atom stereocenters. The molecule has 0 heterocycles. The predicted molar refractivity (Wildman–Crippen MR) is 95.3 cm³/mol. The summed E-state index contributed by atoms with van der Waals surface area (Å²) in [7, 11) is 0. The van der Waals surface area contributed by atoms with Crippen LogP contribution in [0.4, 0.5) is 0 Å². The zero-order valence-electron chi connectivity index (χ0n) is 14.5. The van der Waals surface area contributed by atoms with E-state index >= 15 is 0 Å². The smallest absolute Gasteiger partial charge is 0.261 e. The number of para-hydroxylation sites is 1. The van der Waals surface area contributed by atoms with Gasteiger partial charge in [-0.2, -0.15) is 0 Å². The molecule has 1 amide bonds. The number of aryl methyl sites for hydroxylation is 1. The van der Waals surface area contributed by atoms with Crippen LogP contribution in [0.3, 0.4) is 0 Å². The zero-order valence-corrected chi connectivity index (χ0v) is 14.5. The average Bonchev–Trinajstić information content (AvgIpc) is 2.59. The normalized spacial score (nSPS) is 11.6. The lowest BCUT2D eigenvalue weighted by molar-refractivity contribution is -0.128. The Bertz CT molecular complexity index is 669. The van der Waals surface area contributed by atoms with Crippen molar-refractivity contribution in [2.75, 3.05) is 6.61 Å². The minimum atomic E-state index is -0.499. The van der Waals surface area contributed by atoms with Crippen molar-refractivity contribution in [3.05, 3.63) is 59.7 Å². The van der Waals surface area contributed by atoms with Crippen LogP contribution in [0, 0.1) is 6.92 Å². The lowest BCUT2D eigenvalue weighted by atomic mass is 10.2. The molecule has 0 fully saturated rings. The van der Waals surface area contributed by atoms with Gasteiger partial charge in [-0.25, -0.2) is 0 Å². The van der Waals surface area contributed by atoms with E-state index in [9.17, 15) is 4.79 Å². The summed E-state index contributed by atoms with van der Waals surface area (Å²) in [5, 5.41) is 2.94. The molecular formula is C20H25NO3. The molecule has 0 aliphatic rings. The Hall–Kier alpha value is -2.49. The number of rotatable bonds is 8. The number of hydrogen-bond acceptors (Lipinski definition) is 3. The van der Waals surface area contributed by atoms with Gasteiger partial charge in [-0.15, -0.1) is 0 Å². The predicted octanol–water partition coefficient (Wildman–Crippen LogP) is 3.87. The van der Waals surface area contributed by atoms with E-state index in [0.717, 1.165) is 22.6 Å². The van der Waals surface area contributed by atoms with E-state index in [2.05, 4.69) is 5.32 Å². The van der Waals surface area contributed by atoms with Gasteiger partial charge in [-0.1, -0.05) is 37.3 Å². The highest BCUT2D eigenvalue weighted by molar-refractivity contribution is 5.81. The average molecular weight is 327 g/mol. The molecule has 0 spiro atoms. The van der Waals surface area contributed by atoms with Crippen molar-refractivity contribution in [2.24, 2.45) is 0 Å². The third-order valence-corrected chi connectivity index (χ3v) is 3.70. The highest BCUT2D eigenvalue weighted by Crippen LogP contribution is 2.19. The van der Waals surface area contributed by atoms with Gasteiger partial charge in [-0.3, -0.25) is 4.79 Å². The maximum absolute atomic E-state index is 12.4. The summed E-state index contributed by atoms with van der Waals surface area (Å²) < 4.78 is 11.3. The summed E-state index contributed by atoms with van der Waals surface area (Å²) in [6.07, 6.45) is 0.111. The third kappa shape index (κ3) is 5.01. The quantitative estimate of drug-likeness (QED) is 0.801. The van der Waals surface area contributed by atoms with E-state index in [-0.39, 0.29) is 5.91 Å². The summed E-state index contributed by atoms with van der Waals surface area (Å²) in [6.45, 7) is 6.94. The van der Waals surface area contributed by atoms with Crippen LogP contribution in [0.5, 0.6) is 11.5 Å². The van der Waals surface area contributed by atoms with Gasteiger partial charge >= 0.3 is 0 Å². The number of amides is 1. The van der Waals surface area contributed by atoms with Gasteiger partial charge in [0.1, 0.15) is 11.5 Å². The van der Waals surface area contributed by atoms with Crippen LogP contribution < -0.4 is 14.8 Å². The fraction of sp³-hybridized carbons (Fsp3) is 0.350. The molecule has 4 heteroatoms. The first-order valence-corrected chi connectivity index (χ1v) is 8.35. The number of ether oxygens (including phenoxy) is 2. The molecular weight excluding hydrogens is 302 g/mol. The molecule has 0 saturated heterocycles. The van der Waals surface area contributed by atoms with E-state index in [1.807, 2.05) is 69.3 Å². The lowest BCUT2D eigenvalue weighted by Gasteiger charge is -2.18. The maximum Gasteiger partial charge on any atom is 0.261 e. The minimum Gasteiger partial charge on any atom is -0.494 e. The van der Waals surface area contributed by atoms with Crippen molar-refractivity contribution < 1.29 is 14.3 Å². The molecule has 0 bridgehead atoms. The topological polar surface area (TPSA) is 47.6 Å². The third-order valence-electron chi connectivity index (χ3n) is 3.70. The molecule has 2 aromatic rings. The Morgan fingerprint density at radius 3 is 2.62 bits per heavy atom. The second-order valence-electron chi connectivity index (χ2n) is 5.58. The van der Waals surface area contributed by atoms with Crippen LogP contribution in [-0.4, -0.2) is 18.6 Å². The van der Waals surface area contributed by atoms with Gasteiger partial charge < -0.3 is 14.8 Å². The molecule has 128 valence electrons. The van der Waals surface area contributed by atoms with Gasteiger partial charge in [0.2, 0.25) is 0 Å². The van der Waals surface area contributed by atoms with Crippen LogP contribution in [0.2, 0.25) is 0 Å². The van der Waals surface area contributed by atoms with Crippen molar-refractivity contribution >= 4 is 5.91 Å². The molecule has 0 radical (unpaired) electrons. The summed E-state index contributed by atoms with van der Waals surface area (Å²) in [4.78, 5) is 12.4. The largest absolute Gasteiger partial charge is 0.494 e. The molecule has 0 aliphatic carbocycles. The standard InChI is InChI=1S/C20H25NO3/c1-4-18(24-19-12-7-6-9-15(19)3)20(22)21-14-16-10-8-11-17(13-16)23-5-2/h6-13,18H,4-5,14H2,1-3H3,(H,21,22). The molecule has 4 nitrogen and oxygen atoms in total. The number of hydrogen-bond donors (Lipinski definition) is 1. The SMILES string of the molecule is CCOc1cccc(CNC(=O)C(CC)Oc2ccccc2C)c1. The first kappa shape index (κ1) is 17.9. The van der Waals surface area contributed by atoms with Crippen molar-refractivity contribution in [2.45, 2.75) is 39.8 Å². The second kappa shape index (κ2) is 8.96. The maximum atomic E-state index is 12.4. The Morgan fingerprint density at radius 2 is 1.92 bits per heavy atom. The van der Waals surface area contributed by atoms with E-state index in [4.69, 9.17) is 9.47 Å². The Morgan fingerprint density at radius 1 is 1.12 bits per heavy atom. The molecule has 0 saturated carbocycles. The Balaban J connectivity index is 1.94. The zero-order chi connectivity index (χ0) is 17.4. The van der Waals surface area contributed by atoms with Crippen LogP contribution in [-0.2, 0) is 11.3 Å². The highest BCUT2D eigenvalue weighted by atomic mass is 16.5. The van der Waals surface area contributed by atoms with Crippen molar-refractivity contribution in [3.63, 3.8) is 0 Å². The highest BCUT2D eigenvalue weighted by Gasteiger charge is 2.18. The monoisotopic (exact) mass is 327 g/mol. The van der Waals surface area contributed by atoms with Crippen LogP contribution in [0.1, 0.15) is 31.4 Å². The second-order valence-corrected chi connectivity index (χ2v) is 5.58. The Labute approximate surface area is 143 Å². The lowest BCUT2D eigenvalue weighted by Crippen LogP contribution is -2.37. The summed E-state index contributed by atoms with van der Waals surface area (Å²) in [6, 6.07) is 15.5. The molecule has 1 atom stereocenters. The van der Waals surface area contributed by atoms with E-state index in [1.165, 1.54) is 0 Å². The number of carbonyl (C=O) groups is 1. The molecule has 0 aromatic heterocycles. The fourth-order valence-electron chi connectivity index (χ4n) is 2.38. The molecule has 1 N–H and O–H groups in total. The van der Waals surface area contributed by atoms with Crippen LogP contribution >= 0.6 is 0 Å². The summed E-state index contributed by atoms with van der Waals surface area (Å²) in [5.41, 5.74) is 2.02.